The lowest BCUT2D eigenvalue weighted by Gasteiger charge is -2.25. The van der Waals surface area contributed by atoms with Crippen molar-refractivity contribution in [3.05, 3.63) is 53.8 Å². The van der Waals surface area contributed by atoms with Crippen molar-refractivity contribution < 1.29 is 14.3 Å². The molecule has 0 unspecified atom stereocenters. The van der Waals surface area contributed by atoms with Gasteiger partial charge in [-0.1, -0.05) is 30.3 Å². The van der Waals surface area contributed by atoms with E-state index in [0.29, 0.717) is 12.2 Å². The Hall–Kier alpha value is -2.60. The number of carbonyl (C=O) groups excluding carboxylic acids is 1. The first-order valence-electron chi connectivity index (χ1n) is 9.12. The quantitative estimate of drug-likeness (QED) is 0.590. The Balaban J connectivity index is 1.42. The number of piperidine rings is 1. The van der Waals surface area contributed by atoms with Gasteiger partial charge in [-0.2, -0.15) is 5.10 Å². The summed E-state index contributed by atoms with van der Waals surface area (Å²) in [7, 11) is 0. The molecule has 2 heterocycles. The number of nitrogens with zero attached hydrogens (tertiary/aromatic N) is 2. The molecule has 6 nitrogen and oxygen atoms in total. The van der Waals surface area contributed by atoms with E-state index < -0.39 is 6.10 Å². The molecule has 1 fully saturated rings. The Labute approximate surface area is 153 Å². The third-order valence-corrected chi connectivity index (χ3v) is 4.49. The molecule has 3 rings (SSSR count). The molecule has 2 N–H and O–H groups in total. The number of anilines is 1. The van der Waals surface area contributed by atoms with Crippen molar-refractivity contribution in [2.45, 2.75) is 38.2 Å². The highest BCUT2D eigenvalue weighted by Crippen LogP contribution is 2.21. The van der Waals surface area contributed by atoms with Gasteiger partial charge in [-0.3, -0.25) is 4.79 Å². The number of rotatable bonds is 7. The van der Waals surface area contributed by atoms with Gasteiger partial charge in [0.1, 0.15) is 5.76 Å². The lowest BCUT2D eigenvalue weighted by Crippen LogP contribution is -2.28. The van der Waals surface area contributed by atoms with Gasteiger partial charge >= 0.3 is 0 Å². The molecule has 1 aliphatic heterocycles. The molecule has 6 heteroatoms. The van der Waals surface area contributed by atoms with Gasteiger partial charge in [0, 0.05) is 25.6 Å². The molecule has 0 saturated carbocycles. The van der Waals surface area contributed by atoms with E-state index in [2.05, 4.69) is 15.4 Å². The number of aliphatic hydroxyl groups excluding tert-OH is 1. The first-order valence-corrected chi connectivity index (χ1v) is 9.12. The fourth-order valence-corrected chi connectivity index (χ4v) is 3.03. The fraction of sp³-hybridized carbons (Fsp3) is 0.400. The van der Waals surface area contributed by atoms with Crippen LogP contribution in [0.25, 0.3) is 0 Å². The molecule has 0 bridgehead atoms. The summed E-state index contributed by atoms with van der Waals surface area (Å²) in [6.07, 6.45) is 5.05. The Morgan fingerprint density at radius 2 is 1.96 bits per heavy atom. The second kappa shape index (κ2) is 9.20. The smallest absolute Gasteiger partial charge is 0.240 e. The highest BCUT2D eigenvalue weighted by atomic mass is 16.4. The van der Waals surface area contributed by atoms with Gasteiger partial charge in [0.15, 0.2) is 5.88 Å². The van der Waals surface area contributed by atoms with E-state index in [4.69, 9.17) is 4.42 Å². The molecule has 1 saturated heterocycles. The van der Waals surface area contributed by atoms with Crippen LogP contribution in [0, 0.1) is 0 Å². The maximum atomic E-state index is 11.8. The number of nitrogens with one attached hydrogen (secondary N) is 1. The van der Waals surface area contributed by atoms with E-state index in [9.17, 15) is 9.90 Å². The Bertz CT molecular complexity index is 721. The average molecular weight is 355 g/mol. The van der Waals surface area contributed by atoms with E-state index in [1.54, 1.807) is 0 Å². The lowest BCUT2D eigenvalue weighted by molar-refractivity contribution is -0.121. The van der Waals surface area contributed by atoms with Crippen LogP contribution >= 0.6 is 0 Å². The van der Waals surface area contributed by atoms with Gasteiger partial charge in [0.2, 0.25) is 5.91 Å². The van der Waals surface area contributed by atoms with Crippen LogP contribution in [-0.4, -0.2) is 30.3 Å². The van der Waals surface area contributed by atoms with Crippen molar-refractivity contribution >= 4 is 18.0 Å². The zero-order valence-electron chi connectivity index (χ0n) is 14.8. The largest absolute Gasteiger partial charge is 0.440 e. The number of hydrogen-bond acceptors (Lipinski definition) is 5. The zero-order valence-corrected chi connectivity index (χ0v) is 14.8. The zero-order chi connectivity index (χ0) is 18.2. The van der Waals surface area contributed by atoms with Crippen LogP contribution in [0.4, 0.5) is 5.88 Å². The van der Waals surface area contributed by atoms with E-state index in [0.717, 1.165) is 24.5 Å². The molecule has 0 spiro atoms. The van der Waals surface area contributed by atoms with Crippen LogP contribution in [0.15, 0.2) is 52.0 Å². The SMILES string of the molecule is O=C(CC[C@@H](O)c1ccccc1)N/N=C\c1ccc(N2CCCCC2)o1. The van der Waals surface area contributed by atoms with Crippen LogP contribution in [0.3, 0.4) is 0 Å². The van der Waals surface area contributed by atoms with Gasteiger partial charge in [0.05, 0.1) is 12.3 Å². The van der Waals surface area contributed by atoms with Crippen LogP contribution in [-0.2, 0) is 4.79 Å². The molecule has 1 aromatic heterocycles. The van der Waals surface area contributed by atoms with Crippen molar-refractivity contribution in [2.24, 2.45) is 5.10 Å². The predicted molar refractivity (Wildman–Crippen MR) is 101 cm³/mol. The van der Waals surface area contributed by atoms with E-state index in [1.807, 2.05) is 42.5 Å². The Morgan fingerprint density at radius 1 is 1.19 bits per heavy atom. The summed E-state index contributed by atoms with van der Waals surface area (Å²) in [6.45, 7) is 2.04. The third-order valence-electron chi connectivity index (χ3n) is 4.49. The van der Waals surface area contributed by atoms with Crippen LogP contribution in [0.5, 0.6) is 0 Å². The summed E-state index contributed by atoms with van der Waals surface area (Å²) < 4.78 is 5.75. The number of furan rings is 1. The normalized spacial score (nSPS) is 16.0. The molecule has 138 valence electrons. The summed E-state index contributed by atoms with van der Waals surface area (Å²) in [5, 5.41) is 14.0. The van der Waals surface area contributed by atoms with Crippen LogP contribution < -0.4 is 10.3 Å². The van der Waals surface area contributed by atoms with Gasteiger partial charge in [0.25, 0.3) is 0 Å². The topological polar surface area (TPSA) is 78.1 Å². The van der Waals surface area contributed by atoms with Gasteiger partial charge in [-0.25, -0.2) is 5.43 Å². The maximum absolute atomic E-state index is 11.8. The van der Waals surface area contributed by atoms with Crippen LogP contribution in [0.1, 0.15) is 49.5 Å². The minimum absolute atomic E-state index is 0.199. The lowest BCUT2D eigenvalue weighted by atomic mass is 10.1. The van der Waals surface area contributed by atoms with Crippen molar-refractivity contribution in [3.8, 4) is 0 Å². The summed E-state index contributed by atoms with van der Waals surface area (Å²) >= 11 is 0. The molecular weight excluding hydrogens is 330 g/mol. The number of benzene rings is 1. The van der Waals surface area contributed by atoms with Crippen molar-refractivity contribution in [2.75, 3.05) is 18.0 Å². The first-order chi connectivity index (χ1) is 12.7. The number of hydrogen-bond donors (Lipinski definition) is 2. The summed E-state index contributed by atoms with van der Waals surface area (Å²) in [5.74, 6) is 1.22. The second-order valence-corrected chi connectivity index (χ2v) is 6.48. The third kappa shape index (κ3) is 5.20. The standard InChI is InChI=1S/C20H25N3O3/c24-18(16-7-3-1-4-8-16)10-11-19(25)22-21-15-17-9-12-20(26-17)23-13-5-2-6-14-23/h1,3-4,7-9,12,15,18,24H,2,5-6,10-11,13-14H2,(H,22,25)/b21-15-/t18-/m1/s1. The van der Waals surface area contributed by atoms with E-state index in [-0.39, 0.29) is 12.3 Å². The summed E-state index contributed by atoms with van der Waals surface area (Å²) in [4.78, 5) is 14.1. The summed E-state index contributed by atoms with van der Waals surface area (Å²) in [6, 6.07) is 13.1. The number of carbonyl (C=O) groups is 1. The molecule has 1 aromatic carbocycles. The highest BCUT2D eigenvalue weighted by Gasteiger charge is 2.14. The molecule has 1 atom stereocenters. The number of amides is 1. The van der Waals surface area contributed by atoms with Gasteiger partial charge in [-0.15, -0.1) is 0 Å². The molecule has 0 aliphatic carbocycles. The average Bonchev–Trinajstić information content (AvgIpc) is 3.16. The number of hydrazone groups is 1. The summed E-state index contributed by atoms with van der Waals surface area (Å²) in [5.41, 5.74) is 3.28. The molecule has 1 aliphatic rings. The van der Waals surface area contributed by atoms with Crippen molar-refractivity contribution in [3.63, 3.8) is 0 Å². The predicted octanol–water partition coefficient (Wildman–Crippen LogP) is 3.23. The molecule has 1 amide bonds. The monoisotopic (exact) mass is 355 g/mol. The molecule has 0 radical (unpaired) electrons. The van der Waals surface area contributed by atoms with E-state index >= 15 is 0 Å². The Kier molecular flexibility index (Phi) is 6.44. The van der Waals surface area contributed by atoms with Crippen molar-refractivity contribution in [1.82, 2.24) is 5.43 Å². The molecule has 26 heavy (non-hydrogen) atoms. The maximum Gasteiger partial charge on any atom is 0.240 e. The van der Waals surface area contributed by atoms with Gasteiger partial charge in [-0.05, 0) is 37.3 Å². The highest BCUT2D eigenvalue weighted by molar-refractivity contribution is 5.80. The molecular formula is C20H25N3O3. The second-order valence-electron chi connectivity index (χ2n) is 6.48. The van der Waals surface area contributed by atoms with Crippen LogP contribution in [0.2, 0.25) is 0 Å². The Morgan fingerprint density at radius 3 is 2.73 bits per heavy atom. The fourth-order valence-electron chi connectivity index (χ4n) is 3.03. The first kappa shape index (κ1) is 18.2. The molecule has 2 aromatic rings. The van der Waals surface area contributed by atoms with E-state index in [1.165, 1.54) is 25.5 Å². The van der Waals surface area contributed by atoms with Crippen molar-refractivity contribution in [1.29, 1.82) is 0 Å². The van der Waals surface area contributed by atoms with Gasteiger partial charge < -0.3 is 14.4 Å². The number of aliphatic hydroxyl groups is 1. The minimum Gasteiger partial charge on any atom is -0.440 e. The minimum atomic E-state index is -0.650.